The largest absolute Gasteiger partial charge is 0.141 e. The Hall–Kier alpha value is 0.601. The van der Waals surface area contributed by atoms with Gasteiger partial charge in [-0.3, -0.25) is 0 Å². The Kier molecular flexibility index (Phi) is 7.26. The van der Waals surface area contributed by atoms with E-state index in [1.54, 1.807) is 5.19 Å². The van der Waals surface area contributed by atoms with Crippen LogP contribution in [0.5, 0.6) is 0 Å². The molecule has 0 saturated carbocycles. The van der Waals surface area contributed by atoms with Crippen LogP contribution >= 0.6 is 21.8 Å². The first-order chi connectivity index (χ1) is 12.1. The maximum absolute atomic E-state index is 3.16. The van der Waals surface area contributed by atoms with E-state index in [-0.39, 0.29) is 0 Å². The molecule has 0 aliphatic heterocycles. The molecule has 0 N–H and O–H groups in total. The molecule has 0 amide bonds. The highest BCUT2D eigenvalue weighted by Crippen LogP contribution is 2.66. The van der Waals surface area contributed by atoms with Gasteiger partial charge in [0.2, 0.25) is 0 Å². The number of hydrogen-bond donors (Lipinski definition) is 0. The molecule has 0 saturated heterocycles. The Bertz CT molecular complexity index is 601. The monoisotopic (exact) mass is 546 g/mol. The molecular formula is C24H47ISi3. The lowest BCUT2D eigenvalue weighted by Crippen LogP contribution is -2.86. The smallest absolute Gasteiger partial charge is 0.120 e. The summed E-state index contributed by atoms with van der Waals surface area (Å²) in [5.41, 5.74) is 0. The summed E-state index contributed by atoms with van der Waals surface area (Å²) in [4.78, 5) is 0. The van der Waals surface area contributed by atoms with E-state index in [1.807, 2.05) is 0 Å². The van der Waals surface area contributed by atoms with Crippen molar-refractivity contribution in [2.45, 2.75) is 116 Å². The second kappa shape index (κ2) is 7.63. The molecule has 162 valence electrons. The molecule has 0 fully saturated rings. The zero-order valence-electron chi connectivity index (χ0n) is 21.3. The predicted molar refractivity (Wildman–Crippen MR) is 148 cm³/mol. The summed E-state index contributed by atoms with van der Waals surface area (Å²) < 4.78 is -1.93. The summed E-state index contributed by atoms with van der Waals surface area (Å²) in [7, 11) is -3.63. The molecule has 1 aromatic rings. The maximum Gasteiger partial charge on any atom is 0.141 e. The molecule has 0 aromatic heterocycles. The number of hydrogen-bond acceptors (Lipinski definition) is 0. The highest BCUT2D eigenvalue weighted by molar-refractivity contribution is 14.1. The normalized spacial score (nSPS) is 15.7. The van der Waals surface area contributed by atoms with Crippen LogP contribution in [0, 0.1) is 0 Å². The van der Waals surface area contributed by atoms with Gasteiger partial charge in [-0.2, -0.15) is 0 Å². The SMILES string of the molecule is CC(C)(C)[Si](C)(C(C)(C)C)[Si](I)(c1ccccc1)[Si](C)(C(C)(C)C)C(C)(C)C. The Balaban J connectivity index is 4.31. The molecule has 28 heavy (non-hydrogen) atoms. The lowest BCUT2D eigenvalue weighted by atomic mass is 10.2. The fraction of sp³-hybridized carbons (Fsp3) is 0.750. The zero-order valence-corrected chi connectivity index (χ0v) is 26.4. The van der Waals surface area contributed by atoms with Crippen molar-refractivity contribution < 1.29 is 0 Å². The first kappa shape index (κ1) is 26.6. The summed E-state index contributed by atoms with van der Waals surface area (Å²) in [6.45, 7) is 36.3. The molecular weight excluding hydrogens is 499 g/mol. The van der Waals surface area contributed by atoms with Gasteiger partial charge in [0.05, 0.1) is 15.2 Å². The standard InChI is InChI=1S/C24H47ISi3/c1-21(2,3)26(13,22(4,5)6)28(25,20-18-16-15-17-19-20)27(14,23(7,8)9)24(10,11)12/h15-19H,1-14H3. The predicted octanol–water partition coefficient (Wildman–Crippen LogP) is 8.79. The molecule has 0 unspecified atom stereocenters. The van der Waals surface area contributed by atoms with Crippen molar-refractivity contribution in [2.24, 2.45) is 0 Å². The van der Waals surface area contributed by atoms with Gasteiger partial charge in [-0.05, 0) is 20.2 Å². The summed E-state index contributed by atoms with van der Waals surface area (Å²) in [5.74, 6) is 0. The average molecular weight is 547 g/mol. The quantitative estimate of drug-likeness (QED) is 0.202. The van der Waals surface area contributed by atoms with Crippen LogP contribution in [0.2, 0.25) is 33.2 Å². The third kappa shape index (κ3) is 3.70. The van der Waals surface area contributed by atoms with Crippen molar-refractivity contribution in [1.29, 1.82) is 0 Å². The summed E-state index contributed by atoms with van der Waals surface area (Å²) >= 11 is 3.16. The van der Waals surface area contributed by atoms with E-state index < -0.39 is 19.8 Å². The van der Waals surface area contributed by atoms with Crippen LogP contribution in [0.1, 0.15) is 83.1 Å². The summed E-state index contributed by atoms with van der Waals surface area (Å²) in [6, 6.07) is 11.8. The Morgan fingerprint density at radius 1 is 0.536 bits per heavy atom. The first-order valence-electron chi connectivity index (χ1n) is 10.8. The molecule has 0 bridgehead atoms. The van der Waals surface area contributed by atoms with E-state index in [1.165, 1.54) is 0 Å². The van der Waals surface area contributed by atoms with Gasteiger partial charge in [0, 0.05) is 0 Å². The molecule has 4 heteroatoms. The van der Waals surface area contributed by atoms with Gasteiger partial charge in [-0.1, -0.05) is 132 Å². The van der Waals surface area contributed by atoms with Gasteiger partial charge in [0.25, 0.3) is 0 Å². The topological polar surface area (TPSA) is 0 Å². The van der Waals surface area contributed by atoms with Crippen molar-refractivity contribution in [3.05, 3.63) is 30.3 Å². The molecule has 0 aliphatic carbocycles. The number of halogens is 1. The van der Waals surface area contributed by atoms with Gasteiger partial charge in [0.1, 0.15) is 4.61 Å². The molecule has 0 spiro atoms. The van der Waals surface area contributed by atoms with Crippen LogP contribution in [-0.2, 0) is 0 Å². The number of rotatable bonds is 3. The highest BCUT2D eigenvalue weighted by atomic mass is 127. The van der Waals surface area contributed by atoms with E-state index in [2.05, 4.69) is 148 Å². The fourth-order valence-electron chi connectivity index (χ4n) is 6.06. The van der Waals surface area contributed by atoms with Crippen molar-refractivity contribution in [3.8, 4) is 0 Å². The van der Waals surface area contributed by atoms with Crippen molar-refractivity contribution in [1.82, 2.24) is 0 Å². The molecule has 0 nitrogen and oxygen atoms in total. The van der Waals surface area contributed by atoms with Crippen LogP contribution in [0.4, 0.5) is 0 Å². The Labute approximate surface area is 192 Å². The van der Waals surface area contributed by atoms with Crippen LogP contribution in [-0.4, -0.2) is 19.8 Å². The maximum atomic E-state index is 3.16. The lowest BCUT2D eigenvalue weighted by molar-refractivity contribution is 0.625. The van der Waals surface area contributed by atoms with Crippen molar-refractivity contribution in [2.75, 3.05) is 0 Å². The minimum absolute atomic E-state index is 0.346. The van der Waals surface area contributed by atoms with E-state index in [0.717, 1.165) is 0 Å². The van der Waals surface area contributed by atoms with Crippen molar-refractivity contribution >= 4 is 46.8 Å². The van der Waals surface area contributed by atoms with Gasteiger partial charge in [-0.25, -0.2) is 0 Å². The first-order valence-corrected chi connectivity index (χ1v) is 23.0. The van der Waals surface area contributed by atoms with Crippen LogP contribution in [0.25, 0.3) is 0 Å². The summed E-state index contributed by atoms with van der Waals surface area (Å²) in [5, 5.41) is 3.10. The summed E-state index contributed by atoms with van der Waals surface area (Å²) in [6.07, 6.45) is 0. The average Bonchev–Trinajstić information content (AvgIpc) is 2.48. The van der Waals surface area contributed by atoms with E-state index in [9.17, 15) is 0 Å². The van der Waals surface area contributed by atoms with E-state index >= 15 is 0 Å². The minimum atomic E-state index is -1.93. The highest BCUT2D eigenvalue weighted by Gasteiger charge is 2.74. The van der Waals surface area contributed by atoms with Crippen LogP contribution in [0.15, 0.2) is 30.3 Å². The fourth-order valence-corrected chi connectivity index (χ4v) is 90.1. The molecule has 0 radical (unpaired) electrons. The van der Waals surface area contributed by atoms with Gasteiger partial charge in [0.15, 0.2) is 0 Å². The van der Waals surface area contributed by atoms with E-state index in [0.29, 0.717) is 20.2 Å². The van der Waals surface area contributed by atoms with Gasteiger partial charge in [-0.15, -0.1) is 21.8 Å². The Morgan fingerprint density at radius 2 is 0.786 bits per heavy atom. The Morgan fingerprint density at radius 3 is 1.00 bits per heavy atom. The van der Waals surface area contributed by atoms with Gasteiger partial charge >= 0.3 is 0 Å². The zero-order chi connectivity index (χ0) is 22.6. The van der Waals surface area contributed by atoms with Crippen LogP contribution < -0.4 is 5.19 Å². The molecule has 1 aromatic carbocycles. The molecule has 1 rings (SSSR count). The third-order valence-electron chi connectivity index (χ3n) is 8.55. The molecule has 0 aliphatic rings. The van der Waals surface area contributed by atoms with E-state index in [4.69, 9.17) is 0 Å². The van der Waals surface area contributed by atoms with Gasteiger partial charge < -0.3 is 0 Å². The van der Waals surface area contributed by atoms with Crippen LogP contribution in [0.3, 0.4) is 0 Å². The minimum Gasteiger partial charge on any atom is -0.120 e. The lowest BCUT2D eigenvalue weighted by Gasteiger charge is -2.68. The second-order valence-corrected chi connectivity index (χ2v) is 48.6. The number of benzene rings is 1. The van der Waals surface area contributed by atoms with Crippen molar-refractivity contribution in [3.63, 3.8) is 0 Å². The molecule has 0 atom stereocenters. The second-order valence-electron chi connectivity index (χ2n) is 13.3. The third-order valence-corrected chi connectivity index (χ3v) is 73.7. The molecule has 0 heterocycles.